The van der Waals surface area contributed by atoms with Gasteiger partial charge in [-0.2, -0.15) is 0 Å². The van der Waals surface area contributed by atoms with Crippen LogP contribution in [0.15, 0.2) is 0 Å². The minimum absolute atomic E-state index is 0.144. The molecule has 0 amide bonds. The Morgan fingerprint density at radius 3 is 1.44 bits per heavy atom. The van der Waals surface area contributed by atoms with Crippen LogP contribution in [0.5, 0.6) is 0 Å². The van der Waals surface area contributed by atoms with Crippen molar-refractivity contribution in [3.05, 3.63) is 9.81 Å². The van der Waals surface area contributed by atoms with E-state index in [1.54, 1.807) is 0 Å². The molecule has 9 heavy (non-hydrogen) atoms. The Morgan fingerprint density at radius 1 is 0.889 bits per heavy atom. The second-order valence-electron chi connectivity index (χ2n) is 1.31. The van der Waals surface area contributed by atoms with Crippen LogP contribution >= 0.6 is 0 Å². The van der Waals surface area contributed by atoms with E-state index < -0.39 is 23.0 Å². The first-order chi connectivity index (χ1) is 4.20. The molecule has 0 N–H and O–H groups in total. The molecule has 9 heteroatoms. The Morgan fingerprint density at radius 2 is 1.22 bits per heavy atom. The van der Waals surface area contributed by atoms with Gasteiger partial charge in [0.25, 0.3) is 0 Å². The van der Waals surface area contributed by atoms with Crippen LogP contribution in [0.1, 0.15) is 0 Å². The number of hydrogen-bond acceptors (Lipinski definition) is 6. The van der Waals surface area contributed by atoms with Crippen molar-refractivity contribution in [2.45, 2.75) is 0 Å². The SMILES string of the molecule is O=[N+]1[O][Pb]2([O]1)[O][N+](=O)[O]2. The first kappa shape index (κ1) is 5.13. The molecular formula is N2O6Pb+2. The zero-order valence-electron chi connectivity index (χ0n) is 3.84. The van der Waals surface area contributed by atoms with E-state index in [-0.39, 0.29) is 10.2 Å². The van der Waals surface area contributed by atoms with Gasteiger partial charge in [0.15, 0.2) is 0 Å². The fraction of sp³-hybridized carbons (Fsp3) is 0. The van der Waals surface area contributed by atoms with E-state index >= 15 is 0 Å². The monoisotopic (exact) mass is 332 g/mol. The molecule has 0 saturated carbocycles. The molecule has 2 heterocycles. The Hall–Kier alpha value is -0.678. The third-order valence-electron chi connectivity index (χ3n) is 0.745. The van der Waals surface area contributed by atoms with E-state index in [4.69, 9.17) is 0 Å². The van der Waals surface area contributed by atoms with Crippen LogP contribution in [-0.2, 0) is 11.2 Å². The van der Waals surface area contributed by atoms with Gasteiger partial charge >= 0.3 is 54.1 Å². The van der Waals surface area contributed by atoms with Gasteiger partial charge in [-0.1, -0.05) is 0 Å². The molecule has 48 valence electrons. The van der Waals surface area contributed by atoms with Crippen molar-refractivity contribution >= 4 is 23.0 Å². The number of nitrogens with zero attached hydrogens (tertiary/aromatic N) is 2. The molecule has 2 aliphatic rings. The van der Waals surface area contributed by atoms with Crippen molar-refractivity contribution in [2.75, 3.05) is 0 Å². The average molecular weight is 331 g/mol. The van der Waals surface area contributed by atoms with E-state index in [1.165, 1.54) is 0 Å². The number of rotatable bonds is 0. The molecule has 0 radical (unpaired) electrons. The van der Waals surface area contributed by atoms with Gasteiger partial charge in [-0.3, -0.25) is 0 Å². The first-order valence-corrected chi connectivity index (χ1v) is 8.26. The van der Waals surface area contributed by atoms with Gasteiger partial charge in [-0.25, -0.2) is 0 Å². The molecule has 0 aromatic rings. The van der Waals surface area contributed by atoms with Crippen molar-refractivity contribution in [2.24, 2.45) is 0 Å². The summed E-state index contributed by atoms with van der Waals surface area (Å²) < 4.78 is 16.9. The minimum atomic E-state index is -3.97. The Balaban J connectivity index is 2.01. The predicted octanol–water partition coefficient (Wildman–Crippen LogP) is -1.27. The van der Waals surface area contributed by atoms with Gasteiger partial charge in [0, 0.05) is 0 Å². The van der Waals surface area contributed by atoms with Crippen molar-refractivity contribution in [1.29, 1.82) is 0 Å². The van der Waals surface area contributed by atoms with E-state index in [0.717, 1.165) is 0 Å². The van der Waals surface area contributed by atoms with Crippen LogP contribution in [0, 0.1) is 9.81 Å². The maximum absolute atomic E-state index is 9.86. The maximum atomic E-state index is 9.86. The molecule has 2 fully saturated rings. The molecule has 0 aromatic heterocycles. The Bertz CT molecular complexity index is 156. The third kappa shape index (κ3) is 0.556. The summed E-state index contributed by atoms with van der Waals surface area (Å²) in [6, 6.07) is 0. The van der Waals surface area contributed by atoms with Crippen LogP contribution in [0.3, 0.4) is 0 Å². The zero-order chi connectivity index (χ0) is 6.48. The molecule has 0 atom stereocenters. The van der Waals surface area contributed by atoms with Gasteiger partial charge in [0.05, 0.1) is 0 Å². The summed E-state index contributed by atoms with van der Waals surface area (Å²) in [5.74, 6) is 0. The van der Waals surface area contributed by atoms with Gasteiger partial charge in [0.2, 0.25) is 0 Å². The fourth-order valence-corrected chi connectivity index (χ4v) is 3.91. The summed E-state index contributed by atoms with van der Waals surface area (Å²) in [5.41, 5.74) is 0. The number of hydrogen-bond donors (Lipinski definition) is 0. The van der Waals surface area contributed by atoms with E-state index in [1.807, 2.05) is 0 Å². The van der Waals surface area contributed by atoms with Crippen LogP contribution in [0.25, 0.3) is 0 Å². The molecule has 2 saturated heterocycles. The molecular weight excluding hydrogens is 331 g/mol. The predicted molar refractivity (Wildman–Crippen MR) is 17.3 cm³/mol. The summed E-state index contributed by atoms with van der Waals surface area (Å²) in [4.78, 5) is 19.7. The van der Waals surface area contributed by atoms with Crippen LogP contribution < -0.4 is 0 Å². The summed E-state index contributed by atoms with van der Waals surface area (Å²) in [7, 11) is 0. The second kappa shape index (κ2) is 1.25. The molecule has 1 spiro atoms. The zero-order valence-corrected chi connectivity index (χ0v) is 7.73. The molecule has 0 aliphatic carbocycles. The van der Waals surface area contributed by atoms with E-state index in [0.29, 0.717) is 0 Å². The molecule has 2 rings (SSSR count). The topological polar surface area (TPSA) is 77.1 Å². The quantitative estimate of drug-likeness (QED) is 0.516. The molecule has 0 bridgehead atoms. The van der Waals surface area contributed by atoms with E-state index in [9.17, 15) is 9.81 Å². The summed E-state index contributed by atoms with van der Waals surface area (Å²) in [6.45, 7) is 0. The van der Waals surface area contributed by atoms with E-state index in [2.05, 4.69) is 11.2 Å². The summed E-state index contributed by atoms with van der Waals surface area (Å²) >= 11 is -3.97. The van der Waals surface area contributed by atoms with Crippen molar-refractivity contribution < 1.29 is 21.3 Å². The fourth-order valence-electron chi connectivity index (χ4n) is 0.445. The van der Waals surface area contributed by atoms with Crippen LogP contribution in [0.2, 0.25) is 0 Å². The van der Waals surface area contributed by atoms with Crippen LogP contribution in [0.4, 0.5) is 0 Å². The Labute approximate surface area is 54.5 Å². The van der Waals surface area contributed by atoms with Crippen molar-refractivity contribution in [3.8, 4) is 0 Å². The standard InChI is InChI=1S/2NO3.Pb/c2*2-1(3)4;/q2*-1;+4. The summed E-state index contributed by atoms with van der Waals surface area (Å²) in [5, 5.41) is -0.289. The third-order valence-corrected chi connectivity index (χ3v) is 6.54. The van der Waals surface area contributed by atoms with Crippen molar-refractivity contribution in [3.63, 3.8) is 0 Å². The van der Waals surface area contributed by atoms with Crippen LogP contribution in [-0.4, -0.2) is 33.2 Å². The average Bonchev–Trinajstić information content (AvgIpc) is 1.58. The second-order valence-corrected chi connectivity index (χ2v) is 8.04. The van der Waals surface area contributed by atoms with Gasteiger partial charge in [-0.15, -0.1) is 0 Å². The molecule has 2 aliphatic heterocycles. The van der Waals surface area contributed by atoms with Gasteiger partial charge in [-0.05, 0) is 0 Å². The normalized spacial score (nSPS) is 26.2. The Kier molecular flexibility index (Phi) is 0.711. The van der Waals surface area contributed by atoms with Gasteiger partial charge in [0.1, 0.15) is 0 Å². The van der Waals surface area contributed by atoms with Gasteiger partial charge < -0.3 is 0 Å². The van der Waals surface area contributed by atoms with Crippen molar-refractivity contribution in [1.82, 2.24) is 0 Å². The molecule has 8 nitrogen and oxygen atoms in total. The molecule has 0 aromatic carbocycles. The summed E-state index contributed by atoms with van der Waals surface area (Å²) in [6.07, 6.45) is 0. The molecule has 0 unspecified atom stereocenters. The first-order valence-electron chi connectivity index (χ1n) is 1.91.